The summed E-state index contributed by atoms with van der Waals surface area (Å²) in [5, 5.41) is 13.8. The monoisotopic (exact) mass is 802 g/mol. The summed E-state index contributed by atoms with van der Waals surface area (Å²) in [4.78, 5) is 23.1. The van der Waals surface area contributed by atoms with Crippen LogP contribution in [-0.2, 0) is 18.4 Å². The number of allylic oxidation sites excluding steroid dienone is 1. The lowest BCUT2D eigenvalue weighted by Gasteiger charge is -2.25. The highest BCUT2D eigenvalue weighted by Gasteiger charge is 2.27. The van der Waals surface area contributed by atoms with E-state index in [1.807, 2.05) is 27.2 Å². The number of unbranched alkanes of at least 4 members (excludes halogenated alkanes) is 30. The Labute approximate surface area is 342 Å². The van der Waals surface area contributed by atoms with E-state index >= 15 is 0 Å². The third-order valence-corrected chi connectivity index (χ3v) is 11.7. The molecule has 0 aromatic rings. The number of nitrogens with zero attached hydrogens (tertiary/aromatic N) is 1. The van der Waals surface area contributed by atoms with Crippen LogP contribution in [0.3, 0.4) is 0 Å². The molecule has 0 aliphatic rings. The minimum atomic E-state index is -4.33. The molecule has 8 nitrogen and oxygen atoms in total. The van der Waals surface area contributed by atoms with E-state index < -0.39 is 20.0 Å². The number of rotatable bonds is 43. The molecule has 0 aromatic carbocycles. The molecule has 0 aromatic heterocycles. The van der Waals surface area contributed by atoms with Crippen LogP contribution in [0, 0.1) is 0 Å². The molecule has 0 radical (unpaired) electrons. The number of aliphatic hydroxyl groups excluding tert-OH is 1. The lowest BCUT2D eigenvalue weighted by molar-refractivity contribution is -0.870. The Morgan fingerprint density at radius 1 is 0.600 bits per heavy atom. The molecule has 9 heteroatoms. The van der Waals surface area contributed by atoms with Crippen molar-refractivity contribution in [3.8, 4) is 0 Å². The first-order chi connectivity index (χ1) is 26.5. The molecule has 0 spiro atoms. The Morgan fingerprint density at radius 3 is 1.35 bits per heavy atom. The average Bonchev–Trinajstić information content (AvgIpc) is 3.13. The number of amides is 1. The summed E-state index contributed by atoms with van der Waals surface area (Å²) in [6, 6.07) is -0.839. The zero-order valence-corrected chi connectivity index (χ0v) is 38.1. The normalized spacial score (nSPS) is 14.4. The van der Waals surface area contributed by atoms with Crippen molar-refractivity contribution in [2.24, 2.45) is 0 Å². The predicted molar refractivity (Wildman–Crippen MR) is 235 cm³/mol. The van der Waals surface area contributed by atoms with Gasteiger partial charge in [0, 0.05) is 6.42 Å². The second-order valence-electron chi connectivity index (χ2n) is 17.5. The molecule has 0 bridgehead atoms. The number of phosphoric acid groups is 1. The van der Waals surface area contributed by atoms with Crippen molar-refractivity contribution in [2.45, 2.75) is 238 Å². The van der Waals surface area contributed by atoms with E-state index in [0.717, 1.165) is 38.5 Å². The predicted octanol–water partition coefficient (Wildman–Crippen LogP) is 13.1. The molecule has 0 aliphatic heterocycles. The van der Waals surface area contributed by atoms with Gasteiger partial charge in [-0.25, -0.2) is 4.57 Å². The van der Waals surface area contributed by atoms with Gasteiger partial charge >= 0.3 is 7.82 Å². The van der Waals surface area contributed by atoms with Crippen LogP contribution in [0.2, 0.25) is 0 Å². The fourth-order valence-electron chi connectivity index (χ4n) is 6.98. The quantitative estimate of drug-likeness (QED) is 0.0245. The second-order valence-corrected chi connectivity index (χ2v) is 18.9. The van der Waals surface area contributed by atoms with Crippen LogP contribution in [0.15, 0.2) is 12.2 Å². The van der Waals surface area contributed by atoms with Gasteiger partial charge in [-0.2, -0.15) is 0 Å². The summed E-state index contributed by atoms with van der Waals surface area (Å²) >= 11 is 0. The minimum absolute atomic E-state index is 0.0646. The molecule has 3 N–H and O–H groups in total. The van der Waals surface area contributed by atoms with Crippen LogP contribution >= 0.6 is 7.82 Å². The summed E-state index contributed by atoms with van der Waals surface area (Å²) in [6.45, 7) is 4.83. The minimum Gasteiger partial charge on any atom is -0.387 e. The molecule has 0 rings (SSSR count). The van der Waals surface area contributed by atoms with Crippen LogP contribution in [0.25, 0.3) is 0 Å². The first-order valence-electron chi connectivity index (χ1n) is 23.6. The van der Waals surface area contributed by atoms with Crippen molar-refractivity contribution in [2.75, 3.05) is 40.9 Å². The topological polar surface area (TPSA) is 105 Å². The van der Waals surface area contributed by atoms with Crippen LogP contribution in [-0.4, -0.2) is 73.4 Å². The third-order valence-electron chi connectivity index (χ3n) is 10.8. The van der Waals surface area contributed by atoms with Gasteiger partial charge in [0.05, 0.1) is 39.9 Å². The first kappa shape index (κ1) is 54.2. The van der Waals surface area contributed by atoms with Crippen molar-refractivity contribution >= 4 is 13.7 Å². The van der Waals surface area contributed by atoms with Crippen LogP contribution in [0.1, 0.15) is 226 Å². The summed E-state index contributed by atoms with van der Waals surface area (Å²) in [5.74, 6) is -0.174. The molecule has 0 fully saturated rings. The molecular weight excluding hydrogens is 707 g/mol. The highest BCUT2D eigenvalue weighted by molar-refractivity contribution is 7.47. The van der Waals surface area contributed by atoms with Gasteiger partial charge in [0.25, 0.3) is 0 Å². The summed E-state index contributed by atoms with van der Waals surface area (Å²) in [5.41, 5.74) is 0. The number of phosphoric ester groups is 1. The van der Waals surface area contributed by atoms with E-state index in [9.17, 15) is 19.4 Å². The maximum atomic E-state index is 12.9. The van der Waals surface area contributed by atoms with E-state index in [-0.39, 0.29) is 19.1 Å². The smallest absolute Gasteiger partial charge is 0.387 e. The summed E-state index contributed by atoms with van der Waals surface area (Å²) in [7, 11) is 1.58. The standard InChI is InChI=1S/C46H93N2O6P/c1-6-8-10-12-14-16-18-20-21-22-23-24-25-26-28-30-32-34-36-38-40-46(50)47-44(43-54-55(51,52)53-42-41-48(3,4)5)45(49)39-37-35-33-31-29-27-19-17-15-13-11-9-7-2/h37,39,44-45,49H,6-36,38,40-43H2,1-5H3,(H-,47,50,51,52)/p+1/b39-37+. The van der Waals surface area contributed by atoms with Gasteiger partial charge in [0.2, 0.25) is 5.91 Å². The molecule has 3 atom stereocenters. The van der Waals surface area contributed by atoms with Gasteiger partial charge in [-0.05, 0) is 19.3 Å². The number of carbonyl (C=O) groups is 1. The molecule has 0 heterocycles. The van der Waals surface area contributed by atoms with Crippen molar-refractivity contribution in [3.05, 3.63) is 12.2 Å². The Bertz CT molecular complexity index is 911. The number of likely N-dealkylation sites (N-methyl/N-ethyl adjacent to an activating group) is 1. The number of hydrogen-bond donors (Lipinski definition) is 3. The molecule has 55 heavy (non-hydrogen) atoms. The fraction of sp³-hybridized carbons (Fsp3) is 0.935. The lowest BCUT2D eigenvalue weighted by atomic mass is 10.0. The largest absolute Gasteiger partial charge is 0.472 e. The van der Waals surface area contributed by atoms with Crippen LogP contribution in [0.4, 0.5) is 0 Å². The van der Waals surface area contributed by atoms with E-state index in [1.165, 1.54) is 167 Å². The van der Waals surface area contributed by atoms with Gasteiger partial charge in [-0.15, -0.1) is 0 Å². The van der Waals surface area contributed by atoms with Gasteiger partial charge in [0.1, 0.15) is 13.2 Å². The maximum Gasteiger partial charge on any atom is 0.472 e. The zero-order chi connectivity index (χ0) is 40.7. The summed E-state index contributed by atoms with van der Waals surface area (Å²) in [6.07, 6.45) is 44.2. The third kappa shape index (κ3) is 41.2. The van der Waals surface area contributed by atoms with Crippen molar-refractivity contribution in [1.82, 2.24) is 5.32 Å². The van der Waals surface area contributed by atoms with Gasteiger partial charge in [0.15, 0.2) is 0 Å². The number of quaternary nitrogens is 1. The lowest BCUT2D eigenvalue weighted by Crippen LogP contribution is -2.45. The van der Waals surface area contributed by atoms with Crippen molar-refractivity contribution in [3.63, 3.8) is 0 Å². The molecule has 3 unspecified atom stereocenters. The van der Waals surface area contributed by atoms with Crippen LogP contribution < -0.4 is 5.32 Å². The molecule has 0 aliphatic carbocycles. The Kier molecular flexibility index (Phi) is 38.2. The van der Waals surface area contributed by atoms with E-state index in [2.05, 4.69) is 19.2 Å². The highest BCUT2D eigenvalue weighted by Crippen LogP contribution is 2.43. The summed E-state index contributed by atoms with van der Waals surface area (Å²) < 4.78 is 23.6. The Hall–Kier alpha value is -0.760. The number of hydrogen-bond acceptors (Lipinski definition) is 5. The molecule has 328 valence electrons. The number of carbonyl (C=O) groups excluding carboxylic acids is 1. The number of nitrogens with one attached hydrogen (secondary N) is 1. The van der Waals surface area contributed by atoms with Crippen LogP contribution in [0.5, 0.6) is 0 Å². The number of aliphatic hydroxyl groups is 1. The first-order valence-corrected chi connectivity index (χ1v) is 25.1. The van der Waals surface area contributed by atoms with Gasteiger partial charge < -0.3 is 19.8 Å². The van der Waals surface area contributed by atoms with E-state index in [0.29, 0.717) is 17.4 Å². The Balaban J connectivity index is 4.29. The molecule has 1 amide bonds. The second kappa shape index (κ2) is 38.7. The maximum absolute atomic E-state index is 12.9. The highest BCUT2D eigenvalue weighted by atomic mass is 31.2. The fourth-order valence-corrected chi connectivity index (χ4v) is 7.72. The van der Waals surface area contributed by atoms with E-state index in [1.54, 1.807) is 6.08 Å². The zero-order valence-electron chi connectivity index (χ0n) is 37.2. The van der Waals surface area contributed by atoms with Gasteiger partial charge in [-0.1, -0.05) is 212 Å². The molecular formula is C46H94N2O6P+. The van der Waals surface area contributed by atoms with Crippen molar-refractivity contribution in [1.29, 1.82) is 0 Å². The SMILES string of the molecule is CCCCCCCCCCCCC/C=C/C(O)C(COP(=O)(O)OCC[N+](C)(C)C)NC(=O)CCCCCCCCCCCCCCCCCCCCCC. The van der Waals surface area contributed by atoms with Gasteiger partial charge in [-0.3, -0.25) is 13.8 Å². The Morgan fingerprint density at radius 2 is 0.964 bits per heavy atom. The molecule has 0 saturated heterocycles. The van der Waals surface area contributed by atoms with Crippen molar-refractivity contribution < 1.29 is 32.9 Å². The molecule has 0 saturated carbocycles. The average molecular weight is 802 g/mol. The van der Waals surface area contributed by atoms with E-state index in [4.69, 9.17) is 9.05 Å².